The number of anilines is 1. The van der Waals surface area contributed by atoms with Crippen molar-refractivity contribution in [1.29, 1.82) is 0 Å². The first-order chi connectivity index (χ1) is 7.61. The first-order valence-corrected chi connectivity index (χ1v) is 7.37. The molecule has 1 aromatic heterocycles. The third-order valence-electron chi connectivity index (χ3n) is 2.88. The lowest BCUT2D eigenvalue weighted by atomic mass is 10.2. The van der Waals surface area contributed by atoms with E-state index < -0.39 is 0 Å². The molecule has 2 unspecified atom stereocenters. The van der Waals surface area contributed by atoms with Crippen LogP contribution in [0, 0.1) is 0 Å². The van der Waals surface area contributed by atoms with Crippen LogP contribution in [-0.4, -0.2) is 33.6 Å². The molecule has 1 fully saturated rings. The van der Waals surface area contributed by atoms with Gasteiger partial charge in [0.1, 0.15) is 17.3 Å². The second-order valence-electron chi connectivity index (χ2n) is 3.81. The third-order valence-corrected chi connectivity index (χ3v) is 5.47. The van der Waals surface area contributed by atoms with Crippen molar-refractivity contribution in [3.8, 4) is 0 Å². The molecule has 0 spiro atoms. The summed E-state index contributed by atoms with van der Waals surface area (Å²) in [6.45, 7) is 5.47. The summed E-state index contributed by atoms with van der Waals surface area (Å²) in [6, 6.07) is 0.459. The van der Waals surface area contributed by atoms with E-state index in [1.165, 1.54) is 6.33 Å². The molecular formula is C10H13BrClN3S. The zero-order chi connectivity index (χ0) is 11.7. The van der Waals surface area contributed by atoms with E-state index in [2.05, 4.69) is 44.6 Å². The Kier molecular flexibility index (Phi) is 3.97. The molecule has 3 nitrogen and oxygen atoms in total. The summed E-state index contributed by atoms with van der Waals surface area (Å²) in [4.78, 5) is 10.6. The summed E-state index contributed by atoms with van der Waals surface area (Å²) in [5.74, 6) is 2.03. The highest BCUT2D eigenvalue weighted by atomic mass is 79.9. The van der Waals surface area contributed by atoms with Gasteiger partial charge in [-0.25, -0.2) is 9.97 Å². The molecule has 0 saturated carbocycles. The van der Waals surface area contributed by atoms with Gasteiger partial charge in [0.15, 0.2) is 0 Å². The lowest BCUT2D eigenvalue weighted by Crippen LogP contribution is -2.45. The number of rotatable bonds is 1. The van der Waals surface area contributed by atoms with E-state index in [4.69, 9.17) is 11.6 Å². The lowest BCUT2D eigenvalue weighted by Gasteiger charge is -2.38. The predicted molar refractivity (Wildman–Crippen MR) is 73.5 cm³/mol. The fraction of sp³-hybridized carbons (Fsp3) is 0.600. The van der Waals surface area contributed by atoms with Gasteiger partial charge in [0, 0.05) is 23.6 Å². The number of aromatic nitrogens is 2. The molecule has 88 valence electrons. The van der Waals surface area contributed by atoms with Gasteiger partial charge in [-0.3, -0.25) is 0 Å². The van der Waals surface area contributed by atoms with Gasteiger partial charge in [-0.1, -0.05) is 18.5 Å². The van der Waals surface area contributed by atoms with Crippen molar-refractivity contribution in [1.82, 2.24) is 9.97 Å². The summed E-state index contributed by atoms with van der Waals surface area (Å²) >= 11 is 11.4. The van der Waals surface area contributed by atoms with Crippen LogP contribution >= 0.6 is 39.3 Å². The second kappa shape index (κ2) is 5.10. The average molecular weight is 323 g/mol. The maximum atomic E-state index is 5.99. The van der Waals surface area contributed by atoms with Crippen LogP contribution < -0.4 is 4.90 Å². The lowest BCUT2D eigenvalue weighted by molar-refractivity contribution is 0.618. The van der Waals surface area contributed by atoms with Gasteiger partial charge in [0.2, 0.25) is 0 Å². The van der Waals surface area contributed by atoms with Gasteiger partial charge in [-0.05, 0) is 22.9 Å². The fourth-order valence-electron chi connectivity index (χ4n) is 1.77. The van der Waals surface area contributed by atoms with Crippen LogP contribution in [0.2, 0.25) is 5.15 Å². The van der Waals surface area contributed by atoms with Crippen LogP contribution in [0.4, 0.5) is 5.82 Å². The summed E-state index contributed by atoms with van der Waals surface area (Å²) < 4.78 is 0.794. The first kappa shape index (κ1) is 12.5. The number of nitrogens with zero attached hydrogens (tertiary/aromatic N) is 3. The van der Waals surface area contributed by atoms with E-state index in [1.807, 2.05) is 11.8 Å². The molecule has 2 atom stereocenters. The maximum Gasteiger partial charge on any atom is 0.148 e. The molecule has 1 aromatic rings. The first-order valence-electron chi connectivity index (χ1n) is 5.15. The standard InChI is InChI=1S/C10H13BrClN3S/c1-6-7(2)16-4-3-15(6)10-8(11)9(12)13-5-14-10/h5-7H,3-4H2,1-2H3. The van der Waals surface area contributed by atoms with Crippen molar-refractivity contribution in [2.45, 2.75) is 25.1 Å². The highest BCUT2D eigenvalue weighted by Gasteiger charge is 2.28. The molecule has 0 aliphatic carbocycles. The van der Waals surface area contributed by atoms with Gasteiger partial charge in [0.25, 0.3) is 0 Å². The van der Waals surface area contributed by atoms with Crippen molar-refractivity contribution < 1.29 is 0 Å². The highest BCUT2D eigenvalue weighted by Crippen LogP contribution is 2.34. The normalized spacial score (nSPS) is 25.9. The molecule has 2 rings (SSSR count). The monoisotopic (exact) mass is 321 g/mol. The van der Waals surface area contributed by atoms with Crippen LogP contribution in [0.1, 0.15) is 13.8 Å². The Morgan fingerprint density at radius 1 is 1.50 bits per heavy atom. The molecule has 1 aliphatic heterocycles. The number of halogens is 2. The zero-order valence-electron chi connectivity index (χ0n) is 9.15. The van der Waals surface area contributed by atoms with E-state index in [0.717, 1.165) is 22.6 Å². The Hall–Kier alpha value is -0.0000000000000000555. The molecule has 0 amide bonds. The molecule has 0 N–H and O–H groups in total. The van der Waals surface area contributed by atoms with Gasteiger partial charge in [0.05, 0.1) is 4.47 Å². The van der Waals surface area contributed by atoms with Crippen molar-refractivity contribution >= 4 is 45.1 Å². The van der Waals surface area contributed by atoms with Gasteiger partial charge in [-0.15, -0.1) is 0 Å². The van der Waals surface area contributed by atoms with Crippen LogP contribution in [0.15, 0.2) is 10.8 Å². The van der Waals surface area contributed by atoms with E-state index in [9.17, 15) is 0 Å². The Morgan fingerprint density at radius 3 is 3.00 bits per heavy atom. The van der Waals surface area contributed by atoms with Crippen molar-refractivity contribution in [2.24, 2.45) is 0 Å². The molecule has 0 radical (unpaired) electrons. The third kappa shape index (κ3) is 2.31. The van der Waals surface area contributed by atoms with Crippen molar-refractivity contribution in [3.05, 3.63) is 16.0 Å². The quantitative estimate of drug-likeness (QED) is 0.742. The number of hydrogen-bond donors (Lipinski definition) is 0. The zero-order valence-corrected chi connectivity index (χ0v) is 12.3. The SMILES string of the molecule is CC1SCCN(c2ncnc(Cl)c2Br)C1C. The van der Waals surface area contributed by atoms with Gasteiger partial charge >= 0.3 is 0 Å². The van der Waals surface area contributed by atoms with Crippen molar-refractivity contribution in [3.63, 3.8) is 0 Å². The average Bonchev–Trinajstić information content (AvgIpc) is 2.27. The molecule has 2 heterocycles. The highest BCUT2D eigenvalue weighted by molar-refractivity contribution is 9.10. The van der Waals surface area contributed by atoms with E-state index >= 15 is 0 Å². The summed E-state index contributed by atoms with van der Waals surface area (Å²) in [5, 5.41) is 1.08. The number of thioether (sulfide) groups is 1. The Bertz CT molecular complexity index is 390. The molecule has 1 saturated heterocycles. The number of hydrogen-bond acceptors (Lipinski definition) is 4. The molecule has 6 heteroatoms. The summed E-state index contributed by atoms with van der Waals surface area (Å²) in [6.07, 6.45) is 1.52. The minimum absolute atomic E-state index is 0.459. The van der Waals surface area contributed by atoms with Gasteiger partial charge in [-0.2, -0.15) is 11.8 Å². The molecule has 16 heavy (non-hydrogen) atoms. The molecule has 0 bridgehead atoms. The Balaban J connectivity index is 2.32. The topological polar surface area (TPSA) is 29.0 Å². The fourth-order valence-corrected chi connectivity index (χ4v) is 3.43. The Morgan fingerprint density at radius 2 is 2.25 bits per heavy atom. The molecule has 1 aliphatic rings. The minimum atomic E-state index is 0.459. The van der Waals surface area contributed by atoms with E-state index in [-0.39, 0.29) is 0 Å². The largest absolute Gasteiger partial charge is 0.351 e. The van der Waals surface area contributed by atoms with Crippen LogP contribution in [-0.2, 0) is 0 Å². The smallest absolute Gasteiger partial charge is 0.148 e. The van der Waals surface area contributed by atoms with E-state index in [1.54, 1.807) is 0 Å². The van der Waals surface area contributed by atoms with E-state index in [0.29, 0.717) is 16.4 Å². The summed E-state index contributed by atoms with van der Waals surface area (Å²) in [7, 11) is 0. The van der Waals surface area contributed by atoms with Crippen LogP contribution in [0.3, 0.4) is 0 Å². The van der Waals surface area contributed by atoms with Crippen LogP contribution in [0.25, 0.3) is 0 Å². The molecule has 0 aromatic carbocycles. The Labute approximate surface area is 113 Å². The minimum Gasteiger partial charge on any atom is -0.351 e. The van der Waals surface area contributed by atoms with Crippen LogP contribution in [0.5, 0.6) is 0 Å². The summed E-state index contributed by atoms with van der Waals surface area (Å²) in [5.41, 5.74) is 0. The van der Waals surface area contributed by atoms with Gasteiger partial charge < -0.3 is 4.90 Å². The maximum absolute atomic E-state index is 5.99. The predicted octanol–water partition coefficient (Wildman–Crippen LogP) is 3.22. The second-order valence-corrected chi connectivity index (χ2v) is 6.45. The van der Waals surface area contributed by atoms with Crippen molar-refractivity contribution in [2.75, 3.05) is 17.2 Å². The molecular weight excluding hydrogens is 310 g/mol.